The minimum Gasteiger partial charge on any atom is -0.508 e. The third-order valence-corrected chi connectivity index (χ3v) is 3.47. The van der Waals surface area contributed by atoms with Crippen molar-refractivity contribution in [3.63, 3.8) is 0 Å². The molecule has 3 N–H and O–H groups in total. The highest BCUT2D eigenvalue weighted by Gasteiger charge is 2.11. The molecule has 0 aromatic heterocycles. The van der Waals surface area contributed by atoms with E-state index in [1.165, 1.54) is 0 Å². The molecule has 2 unspecified atom stereocenters. The lowest BCUT2D eigenvalue weighted by molar-refractivity contribution is -0.121. The highest BCUT2D eigenvalue weighted by atomic mass is 16.3. The highest BCUT2D eigenvalue weighted by molar-refractivity contribution is 5.76. The van der Waals surface area contributed by atoms with E-state index >= 15 is 0 Å². The van der Waals surface area contributed by atoms with Crippen LogP contribution in [0.4, 0.5) is 0 Å². The average Bonchev–Trinajstić information content (AvgIpc) is 2.41. The summed E-state index contributed by atoms with van der Waals surface area (Å²) in [5.41, 5.74) is 1.98. The van der Waals surface area contributed by atoms with Crippen molar-refractivity contribution < 1.29 is 9.90 Å². The Morgan fingerprint density at radius 1 is 1.35 bits per heavy atom. The van der Waals surface area contributed by atoms with Gasteiger partial charge in [-0.2, -0.15) is 0 Å². The van der Waals surface area contributed by atoms with Gasteiger partial charge in [0.1, 0.15) is 5.75 Å². The fourth-order valence-electron chi connectivity index (χ4n) is 1.98. The van der Waals surface area contributed by atoms with Crippen molar-refractivity contribution in [1.29, 1.82) is 0 Å². The smallest absolute Gasteiger partial charge is 0.221 e. The summed E-state index contributed by atoms with van der Waals surface area (Å²) in [5.74, 6) is 0.354. The van der Waals surface area contributed by atoms with Crippen molar-refractivity contribution in [3.8, 4) is 5.75 Å². The van der Waals surface area contributed by atoms with Crippen molar-refractivity contribution in [2.45, 2.75) is 52.6 Å². The molecule has 0 bridgehead atoms. The minimum atomic E-state index is 0.0197. The first kappa shape index (κ1) is 16.5. The number of aryl methyl sites for hydroxylation is 1. The van der Waals surface area contributed by atoms with Gasteiger partial charge in [-0.1, -0.05) is 24.6 Å². The maximum atomic E-state index is 11.7. The standard InChI is InChI=1S/C16H26N2O2/c1-5-12(3)18-16(20)8-9-17-13(4)14-10-11(2)6-7-15(14)19/h6-7,10,12-13,17,19H,5,8-9H2,1-4H3,(H,18,20). The number of rotatable bonds is 7. The summed E-state index contributed by atoms with van der Waals surface area (Å²) in [4.78, 5) is 11.7. The Morgan fingerprint density at radius 3 is 2.70 bits per heavy atom. The summed E-state index contributed by atoms with van der Waals surface area (Å²) in [6.45, 7) is 8.62. The monoisotopic (exact) mass is 278 g/mol. The topological polar surface area (TPSA) is 61.4 Å². The normalized spacial score (nSPS) is 13.8. The lowest BCUT2D eigenvalue weighted by Crippen LogP contribution is -2.34. The molecule has 2 atom stereocenters. The molecule has 112 valence electrons. The number of nitrogens with one attached hydrogen (secondary N) is 2. The second-order valence-electron chi connectivity index (χ2n) is 5.36. The van der Waals surface area contributed by atoms with Crippen LogP contribution in [0.2, 0.25) is 0 Å². The first-order valence-corrected chi connectivity index (χ1v) is 7.26. The van der Waals surface area contributed by atoms with Gasteiger partial charge in [0, 0.05) is 30.6 Å². The van der Waals surface area contributed by atoms with Crippen LogP contribution in [-0.4, -0.2) is 23.6 Å². The maximum Gasteiger partial charge on any atom is 0.221 e. The molecule has 0 saturated heterocycles. The molecule has 0 spiro atoms. The van der Waals surface area contributed by atoms with Gasteiger partial charge in [0.25, 0.3) is 0 Å². The first-order chi connectivity index (χ1) is 9.43. The fraction of sp³-hybridized carbons (Fsp3) is 0.562. The minimum absolute atomic E-state index is 0.0197. The maximum absolute atomic E-state index is 11.7. The molecule has 1 aromatic carbocycles. The molecule has 20 heavy (non-hydrogen) atoms. The van der Waals surface area contributed by atoms with Crippen LogP contribution >= 0.6 is 0 Å². The predicted molar refractivity (Wildman–Crippen MR) is 81.8 cm³/mol. The number of phenolic OH excluding ortho intramolecular Hbond substituents is 1. The molecule has 0 radical (unpaired) electrons. The van der Waals surface area contributed by atoms with Gasteiger partial charge in [-0.3, -0.25) is 4.79 Å². The summed E-state index contributed by atoms with van der Waals surface area (Å²) in [5, 5.41) is 16.0. The molecule has 4 nitrogen and oxygen atoms in total. The zero-order valence-corrected chi connectivity index (χ0v) is 12.9. The van der Waals surface area contributed by atoms with Gasteiger partial charge in [0.05, 0.1) is 0 Å². The lowest BCUT2D eigenvalue weighted by atomic mass is 10.0. The molecule has 0 aliphatic rings. The molecule has 0 heterocycles. The zero-order chi connectivity index (χ0) is 15.1. The lowest BCUT2D eigenvalue weighted by Gasteiger charge is -2.17. The van der Waals surface area contributed by atoms with Crippen LogP contribution < -0.4 is 10.6 Å². The van der Waals surface area contributed by atoms with Crippen LogP contribution in [0.3, 0.4) is 0 Å². The first-order valence-electron chi connectivity index (χ1n) is 7.26. The van der Waals surface area contributed by atoms with Gasteiger partial charge in [-0.05, 0) is 33.3 Å². The molecule has 0 aliphatic heterocycles. The number of aromatic hydroxyl groups is 1. The average molecular weight is 278 g/mol. The molecule has 1 aromatic rings. The molecule has 1 amide bonds. The van der Waals surface area contributed by atoms with E-state index in [4.69, 9.17) is 0 Å². The Kier molecular flexibility index (Phi) is 6.52. The summed E-state index contributed by atoms with van der Waals surface area (Å²) < 4.78 is 0. The van der Waals surface area contributed by atoms with Gasteiger partial charge in [0.15, 0.2) is 0 Å². The van der Waals surface area contributed by atoms with Crippen LogP contribution in [0, 0.1) is 6.92 Å². The van der Waals surface area contributed by atoms with Crippen molar-refractivity contribution in [3.05, 3.63) is 29.3 Å². The third kappa shape index (κ3) is 5.21. The molecular formula is C16H26N2O2. The van der Waals surface area contributed by atoms with Gasteiger partial charge < -0.3 is 15.7 Å². The number of benzene rings is 1. The van der Waals surface area contributed by atoms with Gasteiger partial charge >= 0.3 is 0 Å². The van der Waals surface area contributed by atoms with Gasteiger partial charge in [0.2, 0.25) is 5.91 Å². The molecule has 1 rings (SSSR count). The van der Waals surface area contributed by atoms with Crippen LogP contribution in [0.15, 0.2) is 18.2 Å². The predicted octanol–water partition coefficient (Wildman–Crippen LogP) is 2.66. The molecule has 4 heteroatoms. The van der Waals surface area contributed by atoms with E-state index in [1.54, 1.807) is 6.07 Å². The Balaban J connectivity index is 2.42. The Morgan fingerprint density at radius 2 is 2.05 bits per heavy atom. The van der Waals surface area contributed by atoms with Gasteiger partial charge in [-0.15, -0.1) is 0 Å². The summed E-state index contributed by atoms with van der Waals surface area (Å²) >= 11 is 0. The quantitative estimate of drug-likeness (QED) is 0.718. The number of carbonyl (C=O) groups is 1. The summed E-state index contributed by atoms with van der Waals surface area (Å²) in [6, 6.07) is 5.79. The third-order valence-electron chi connectivity index (χ3n) is 3.47. The van der Waals surface area contributed by atoms with Crippen molar-refractivity contribution in [2.75, 3.05) is 6.54 Å². The number of phenols is 1. The zero-order valence-electron chi connectivity index (χ0n) is 12.9. The number of carbonyl (C=O) groups excluding carboxylic acids is 1. The molecular weight excluding hydrogens is 252 g/mol. The van der Waals surface area contributed by atoms with Crippen molar-refractivity contribution in [2.24, 2.45) is 0 Å². The van der Waals surface area contributed by atoms with Crippen LogP contribution in [0.25, 0.3) is 0 Å². The Hall–Kier alpha value is -1.55. The van der Waals surface area contributed by atoms with Crippen molar-refractivity contribution >= 4 is 5.91 Å². The number of amides is 1. The van der Waals surface area contributed by atoms with Crippen LogP contribution in [0.5, 0.6) is 5.75 Å². The highest BCUT2D eigenvalue weighted by Crippen LogP contribution is 2.24. The second-order valence-corrected chi connectivity index (χ2v) is 5.36. The molecule has 0 aliphatic carbocycles. The van der Waals surface area contributed by atoms with Gasteiger partial charge in [-0.25, -0.2) is 0 Å². The van der Waals surface area contributed by atoms with Crippen molar-refractivity contribution in [1.82, 2.24) is 10.6 Å². The van der Waals surface area contributed by atoms with E-state index in [9.17, 15) is 9.90 Å². The Bertz CT molecular complexity index is 446. The molecule has 0 saturated carbocycles. The fourth-order valence-corrected chi connectivity index (χ4v) is 1.98. The van der Waals surface area contributed by atoms with E-state index in [-0.39, 0.29) is 18.0 Å². The summed E-state index contributed by atoms with van der Waals surface area (Å²) in [7, 11) is 0. The van der Waals surface area contributed by atoms with E-state index < -0.39 is 0 Å². The number of hydrogen-bond donors (Lipinski definition) is 3. The largest absolute Gasteiger partial charge is 0.508 e. The molecule has 0 fully saturated rings. The van der Waals surface area contributed by atoms with Crippen LogP contribution in [0.1, 0.15) is 50.8 Å². The van der Waals surface area contributed by atoms with E-state index in [0.29, 0.717) is 18.7 Å². The van der Waals surface area contributed by atoms with E-state index in [2.05, 4.69) is 10.6 Å². The van der Waals surface area contributed by atoms with Crippen LogP contribution in [-0.2, 0) is 4.79 Å². The number of hydrogen-bond acceptors (Lipinski definition) is 3. The Labute approximate surface area is 121 Å². The SMILES string of the molecule is CCC(C)NC(=O)CCNC(C)c1cc(C)ccc1O. The summed E-state index contributed by atoms with van der Waals surface area (Å²) in [6.07, 6.45) is 1.38. The van der Waals surface area contributed by atoms with E-state index in [0.717, 1.165) is 17.5 Å². The van der Waals surface area contributed by atoms with E-state index in [1.807, 2.05) is 39.8 Å². The second kappa shape index (κ2) is 7.90.